The number of halogens is 4. The van der Waals surface area contributed by atoms with Gasteiger partial charge in [0.15, 0.2) is 11.5 Å². The van der Waals surface area contributed by atoms with Gasteiger partial charge in [0.2, 0.25) is 5.91 Å². The fraction of sp³-hybridized carbons (Fsp3) is 0.423. The SMILES string of the molecule is COc1cc2nc(C)nc(N[C@H](C)c3cccc(C(F)(F)F)c3F)c2cc1OCCN(C)C(=O)C1CC1. The largest absolute Gasteiger partial charge is 0.493 e. The van der Waals surface area contributed by atoms with Crippen LogP contribution in [0.4, 0.5) is 23.4 Å². The second-order valence-corrected chi connectivity index (χ2v) is 9.09. The molecule has 1 heterocycles. The lowest BCUT2D eigenvalue weighted by Crippen LogP contribution is -2.31. The Morgan fingerprint density at radius 1 is 1.22 bits per heavy atom. The van der Waals surface area contributed by atoms with Gasteiger partial charge in [0, 0.05) is 30.0 Å². The molecule has 1 aliphatic rings. The van der Waals surface area contributed by atoms with Crippen LogP contribution in [0.2, 0.25) is 0 Å². The van der Waals surface area contributed by atoms with E-state index in [0.29, 0.717) is 46.7 Å². The van der Waals surface area contributed by atoms with E-state index in [0.717, 1.165) is 12.8 Å². The summed E-state index contributed by atoms with van der Waals surface area (Å²) < 4.78 is 65.7. The van der Waals surface area contributed by atoms with Gasteiger partial charge in [-0.2, -0.15) is 13.2 Å². The smallest absolute Gasteiger partial charge is 0.419 e. The number of hydrogen-bond acceptors (Lipinski definition) is 6. The summed E-state index contributed by atoms with van der Waals surface area (Å²) in [6.07, 6.45) is -2.97. The van der Waals surface area contributed by atoms with Crippen molar-refractivity contribution in [3.63, 3.8) is 0 Å². The molecule has 2 aromatic carbocycles. The van der Waals surface area contributed by atoms with E-state index in [4.69, 9.17) is 9.47 Å². The van der Waals surface area contributed by atoms with Crippen LogP contribution in [0.15, 0.2) is 30.3 Å². The van der Waals surface area contributed by atoms with Crippen molar-refractivity contribution in [2.45, 2.75) is 38.9 Å². The summed E-state index contributed by atoms with van der Waals surface area (Å²) in [7, 11) is 3.22. The Morgan fingerprint density at radius 3 is 2.59 bits per heavy atom. The number of methoxy groups -OCH3 is 1. The van der Waals surface area contributed by atoms with Gasteiger partial charge in [-0.1, -0.05) is 12.1 Å². The average Bonchev–Trinajstić information content (AvgIpc) is 3.68. The number of anilines is 1. The van der Waals surface area contributed by atoms with Gasteiger partial charge < -0.3 is 19.7 Å². The molecule has 1 N–H and O–H groups in total. The third-order valence-electron chi connectivity index (χ3n) is 6.23. The van der Waals surface area contributed by atoms with Crippen LogP contribution in [-0.4, -0.2) is 48.1 Å². The number of amides is 1. The number of carbonyl (C=O) groups excluding carboxylic acids is 1. The van der Waals surface area contributed by atoms with E-state index < -0.39 is 23.6 Å². The number of hydrogen-bond donors (Lipinski definition) is 1. The Morgan fingerprint density at radius 2 is 1.95 bits per heavy atom. The number of ether oxygens (including phenoxy) is 2. The number of nitrogens with one attached hydrogen (secondary N) is 1. The first-order valence-corrected chi connectivity index (χ1v) is 11.9. The zero-order valence-corrected chi connectivity index (χ0v) is 20.9. The van der Waals surface area contributed by atoms with Crippen LogP contribution in [0.1, 0.15) is 42.8 Å². The summed E-state index contributed by atoms with van der Waals surface area (Å²) in [6, 6.07) is 5.67. The van der Waals surface area contributed by atoms with E-state index >= 15 is 0 Å². The summed E-state index contributed by atoms with van der Waals surface area (Å²) >= 11 is 0. The first kappa shape index (κ1) is 26.4. The maximum absolute atomic E-state index is 14.7. The lowest BCUT2D eigenvalue weighted by molar-refractivity contribution is -0.140. The predicted molar refractivity (Wildman–Crippen MR) is 130 cm³/mol. The summed E-state index contributed by atoms with van der Waals surface area (Å²) in [4.78, 5) is 22.6. The molecule has 0 aliphatic heterocycles. The summed E-state index contributed by atoms with van der Waals surface area (Å²) in [5.74, 6) is 0.391. The molecule has 37 heavy (non-hydrogen) atoms. The molecule has 1 saturated carbocycles. The Kier molecular flexibility index (Phi) is 7.42. The third-order valence-corrected chi connectivity index (χ3v) is 6.23. The van der Waals surface area contributed by atoms with Crippen molar-refractivity contribution < 1.29 is 31.8 Å². The number of rotatable bonds is 9. The van der Waals surface area contributed by atoms with Crippen molar-refractivity contribution in [2.75, 3.05) is 32.6 Å². The molecular weight excluding hydrogens is 492 g/mol. The maximum atomic E-state index is 14.7. The first-order valence-electron chi connectivity index (χ1n) is 11.9. The second kappa shape index (κ2) is 10.4. The number of fused-ring (bicyclic) bond motifs is 1. The average molecular weight is 521 g/mol. The number of nitrogens with zero attached hydrogens (tertiary/aromatic N) is 3. The minimum Gasteiger partial charge on any atom is -0.493 e. The Hall–Kier alpha value is -3.63. The quantitative estimate of drug-likeness (QED) is 0.374. The van der Waals surface area contributed by atoms with Gasteiger partial charge >= 0.3 is 6.18 Å². The molecule has 0 bridgehead atoms. The predicted octanol–water partition coefficient (Wildman–Crippen LogP) is 5.53. The zero-order valence-electron chi connectivity index (χ0n) is 20.9. The number of aromatic nitrogens is 2. The Bertz CT molecular complexity index is 1310. The number of carbonyl (C=O) groups is 1. The third kappa shape index (κ3) is 5.86. The molecule has 1 amide bonds. The molecule has 1 fully saturated rings. The molecule has 11 heteroatoms. The minimum absolute atomic E-state index is 0.0975. The summed E-state index contributed by atoms with van der Waals surface area (Å²) in [5.41, 5.74) is -0.961. The van der Waals surface area contributed by atoms with E-state index in [1.165, 1.54) is 19.2 Å². The number of likely N-dealkylation sites (N-methyl/N-ethyl adjacent to an activating group) is 1. The molecule has 1 aromatic heterocycles. The van der Waals surface area contributed by atoms with Gasteiger partial charge in [-0.15, -0.1) is 0 Å². The van der Waals surface area contributed by atoms with E-state index in [2.05, 4.69) is 15.3 Å². The number of benzene rings is 2. The Labute approximate surface area is 211 Å². The molecule has 7 nitrogen and oxygen atoms in total. The molecule has 1 atom stereocenters. The van der Waals surface area contributed by atoms with Gasteiger partial charge in [-0.25, -0.2) is 14.4 Å². The van der Waals surface area contributed by atoms with Gasteiger partial charge in [0.25, 0.3) is 0 Å². The molecular formula is C26H28F4N4O3. The topological polar surface area (TPSA) is 76.6 Å². The molecule has 4 rings (SSSR count). The normalized spacial score (nSPS) is 14.4. The van der Waals surface area contributed by atoms with Crippen molar-refractivity contribution in [3.05, 3.63) is 53.1 Å². The molecule has 1 aliphatic carbocycles. The Balaban J connectivity index is 1.61. The highest BCUT2D eigenvalue weighted by Gasteiger charge is 2.35. The van der Waals surface area contributed by atoms with E-state index in [1.54, 1.807) is 37.9 Å². The molecule has 3 aromatic rings. The highest BCUT2D eigenvalue weighted by Crippen LogP contribution is 2.37. The standard InChI is InChI=1S/C26H28F4N4O3/c1-14(17-6-5-7-19(23(17)27)26(28,29)30)31-24-18-12-22(21(36-4)13-20(18)32-15(2)33-24)37-11-10-34(3)25(35)16-8-9-16/h5-7,12-14,16H,8-11H2,1-4H3,(H,31,32,33)/t14-/m1/s1. The first-order chi connectivity index (χ1) is 17.5. The van der Waals surface area contributed by atoms with Crippen molar-refractivity contribution in [3.8, 4) is 11.5 Å². The fourth-order valence-electron chi connectivity index (χ4n) is 4.07. The van der Waals surface area contributed by atoms with E-state index in [-0.39, 0.29) is 24.0 Å². The van der Waals surface area contributed by atoms with Crippen LogP contribution < -0.4 is 14.8 Å². The molecule has 0 spiro atoms. The molecule has 198 valence electrons. The van der Waals surface area contributed by atoms with E-state index in [1.807, 2.05) is 0 Å². The van der Waals surface area contributed by atoms with Crippen molar-refractivity contribution in [1.29, 1.82) is 0 Å². The van der Waals surface area contributed by atoms with Gasteiger partial charge in [-0.3, -0.25) is 4.79 Å². The zero-order chi connectivity index (χ0) is 26.9. The van der Waals surface area contributed by atoms with Gasteiger partial charge in [-0.05, 0) is 38.8 Å². The van der Waals surface area contributed by atoms with Crippen molar-refractivity contribution >= 4 is 22.6 Å². The summed E-state index contributed by atoms with van der Waals surface area (Å²) in [6.45, 7) is 3.83. The van der Waals surface area contributed by atoms with Crippen LogP contribution in [0.3, 0.4) is 0 Å². The number of aryl methyl sites for hydroxylation is 1. The van der Waals surface area contributed by atoms with Crippen molar-refractivity contribution in [1.82, 2.24) is 14.9 Å². The highest BCUT2D eigenvalue weighted by atomic mass is 19.4. The fourth-order valence-corrected chi connectivity index (χ4v) is 4.07. The molecule has 0 saturated heterocycles. The monoisotopic (exact) mass is 520 g/mol. The lowest BCUT2D eigenvalue weighted by Gasteiger charge is -2.20. The molecule has 0 unspecified atom stereocenters. The molecule has 0 radical (unpaired) electrons. The van der Waals surface area contributed by atoms with Crippen LogP contribution in [-0.2, 0) is 11.0 Å². The number of alkyl halides is 3. The summed E-state index contributed by atoms with van der Waals surface area (Å²) in [5, 5.41) is 3.54. The van der Waals surface area contributed by atoms with Gasteiger partial charge in [0.1, 0.15) is 24.1 Å². The lowest BCUT2D eigenvalue weighted by atomic mass is 10.0. The highest BCUT2D eigenvalue weighted by molar-refractivity contribution is 5.92. The van der Waals surface area contributed by atoms with Crippen LogP contribution in [0, 0.1) is 18.7 Å². The van der Waals surface area contributed by atoms with Crippen molar-refractivity contribution in [2.24, 2.45) is 5.92 Å². The second-order valence-electron chi connectivity index (χ2n) is 9.09. The van der Waals surface area contributed by atoms with Crippen LogP contribution >= 0.6 is 0 Å². The van der Waals surface area contributed by atoms with Crippen LogP contribution in [0.5, 0.6) is 11.5 Å². The minimum atomic E-state index is -4.81. The van der Waals surface area contributed by atoms with Gasteiger partial charge in [0.05, 0.1) is 30.8 Å². The maximum Gasteiger partial charge on any atom is 0.419 e. The van der Waals surface area contributed by atoms with Crippen LogP contribution in [0.25, 0.3) is 10.9 Å². The van der Waals surface area contributed by atoms with E-state index in [9.17, 15) is 22.4 Å².